The van der Waals surface area contributed by atoms with Gasteiger partial charge in [-0.2, -0.15) is 0 Å². The minimum atomic E-state index is -0.615. The number of carbonyl (C=O) groups is 1. The summed E-state index contributed by atoms with van der Waals surface area (Å²) in [6.07, 6.45) is 1.64. The van der Waals surface area contributed by atoms with Crippen molar-refractivity contribution in [3.8, 4) is 11.5 Å². The molecule has 0 spiro atoms. The maximum Gasteiger partial charge on any atom is 0.288 e. The Labute approximate surface area is 155 Å². The molecule has 1 amide bonds. The molecule has 27 heavy (non-hydrogen) atoms. The van der Waals surface area contributed by atoms with Crippen LogP contribution in [0.25, 0.3) is 11.0 Å². The summed E-state index contributed by atoms with van der Waals surface area (Å²) in [6, 6.07) is 11.5. The first-order chi connectivity index (χ1) is 13.1. The summed E-state index contributed by atoms with van der Waals surface area (Å²) < 4.78 is 16.6. The molecule has 6 heteroatoms. The average molecular weight is 363 g/mol. The lowest BCUT2D eigenvalue weighted by Crippen LogP contribution is -2.22. The van der Waals surface area contributed by atoms with Crippen molar-refractivity contribution < 1.29 is 18.7 Å². The first-order valence-electron chi connectivity index (χ1n) is 8.42. The predicted molar refractivity (Wildman–Crippen MR) is 100 cm³/mol. The van der Waals surface area contributed by atoms with Crippen LogP contribution in [0.4, 0.5) is 0 Å². The highest BCUT2D eigenvalue weighted by Gasteiger charge is 2.36. The van der Waals surface area contributed by atoms with Crippen molar-refractivity contribution in [3.05, 3.63) is 82.2 Å². The van der Waals surface area contributed by atoms with Gasteiger partial charge in [0.05, 0.1) is 24.1 Å². The molecule has 2 heterocycles. The minimum Gasteiger partial charge on any atom is -0.493 e. The van der Waals surface area contributed by atoms with Crippen molar-refractivity contribution in [1.29, 1.82) is 0 Å². The zero-order valence-corrected chi connectivity index (χ0v) is 14.7. The van der Waals surface area contributed by atoms with Gasteiger partial charge in [0.25, 0.3) is 5.91 Å². The molecule has 1 aromatic heterocycles. The third-order valence-corrected chi connectivity index (χ3v) is 4.48. The summed E-state index contributed by atoms with van der Waals surface area (Å²) in [4.78, 5) is 25.4. The number of hydrogen-bond acceptors (Lipinski definition) is 5. The molecule has 6 nitrogen and oxygen atoms in total. The zero-order chi connectivity index (χ0) is 19.0. The van der Waals surface area contributed by atoms with Crippen LogP contribution in [0.5, 0.6) is 11.5 Å². The van der Waals surface area contributed by atoms with Gasteiger partial charge in [-0.1, -0.05) is 30.9 Å². The summed E-state index contributed by atoms with van der Waals surface area (Å²) >= 11 is 0. The van der Waals surface area contributed by atoms with Gasteiger partial charge in [-0.05, 0) is 29.8 Å². The Balaban J connectivity index is 1.84. The topological polar surface area (TPSA) is 77.8 Å². The summed E-state index contributed by atoms with van der Waals surface area (Å²) in [7, 11) is 1.53. The van der Waals surface area contributed by atoms with Gasteiger partial charge in [-0.15, -0.1) is 0 Å². The molecule has 4 rings (SSSR count). The molecule has 0 aliphatic carbocycles. The quantitative estimate of drug-likeness (QED) is 0.705. The van der Waals surface area contributed by atoms with Gasteiger partial charge < -0.3 is 19.2 Å². The molecular formula is C21H17NO5. The molecule has 0 saturated carbocycles. The highest BCUT2D eigenvalue weighted by Crippen LogP contribution is 2.35. The standard InChI is InChI=1S/C21H17NO5/c1-3-10-26-15-9-8-12(11-16(15)25-2)18-17-19(23)13-6-4-5-7-14(13)27-20(17)21(24)22-18/h3-9,11,18H,1,10H2,2H3,(H,22,24). The van der Waals surface area contributed by atoms with Crippen LogP contribution in [0.1, 0.15) is 27.7 Å². The van der Waals surface area contributed by atoms with Crippen molar-refractivity contribution in [3.63, 3.8) is 0 Å². The van der Waals surface area contributed by atoms with E-state index in [1.165, 1.54) is 7.11 Å². The summed E-state index contributed by atoms with van der Waals surface area (Å²) in [5, 5.41) is 3.26. The second kappa shape index (κ2) is 6.64. The Hall–Kier alpha value is -3.54. The number of para-hydroxylation sites is 1. The van der Waals surface area contributed by atoms with Crippen LogP contribution in [-0.2, 0) is 0 Å². The molecule has 3 aromatic rings. The lowest BCUT2D eigenvalue weighted by atomic mass is 9.99. The number of methoxy groups -OCH3 is 1. The fourth-order valence-corrected chi connectivity index (χ4v) is 3.24. The van der Waals surface area contributed by atoms with Gasteiger partial charge in [0, 0.05) is 0 Å². The molecule has 1 aliphatic heterocycles. The van der Waals surface area contributed by atoms with E-state index in [2.05, 4.69) is 11.9 Å². The van der Waals surface area contributed by atoms with E-state index in [0.29, 0.717) is 40.2 Å². The lowest BCUT2D eigenvalue weighted by molar-refractivity contribution is 0.0938. The molecular weight excluding hydrogens is 346 g/mol. The van der Waals surface area contributed by atoms with Crippen LogP contribution in [0.15, 0.2) is 64.3 Å². The molecule has 0 bridgehead atoms. The van der Waals surface area contributed by atoms with Crippen molar-refractivity contribution in [2.45, 2.75) is 6.04 Å². The number of carbonyl (C=O) groups excluding carboxylic acids is 1. The first kappa shape index (κ1) is 16.9. The van der Waals surface area contributed by atoms with E-state index in [9.17, 15) is 9.59 Å². The second-order valence-electron chi connectivity index (χ2n) is 6.09. The molecule has 0 fully saturated rings. The Morgan fingerprint density at radius 1 is 1.19 bits per heavy atom. The van der Waals surface area contributed by atoms with Crippen LogP contribution < -0.4 is 20.2 Å². The van der Waals surface area contributed by atoms with Gasteiger partial charge in [-0.25, -0.2) is 0 Å². The number of benzene rings is 2. The fraction of sp³-hybridized carbons (Fsp3) is 0.143. The molecule has 1 N–H and O–H groups in total. The number of rotatable bonds is 5. The molecule has 2 aromatic carbocycles. The third kappa shape index (κ3) is 2.75. The Morgan fingerprint density at radius 3 is 2.78 bits per heavy atom. The SMILES string of the molecule is C=CCOc1ccc(C2NC(=O)c3oc4ccccc4c(=O)c32)cc1OC. The van der Waals surface area contributed by atoms with E-state index in [-0.39, 0.29) is 11.2 Å². The van der Waals surface area contributed by atoms with E-state index >= 15 is 0 Å². The number of ether oxygens (including phenoxy) is 2. The number of hydrogen-bond donors (Lipinski definition) is 1. The van der Waals surface area contributed by atoms with Crippen molar-refractivity contribution in [1.82, 2.24) is 5.32 Å². The molecule has 1 aliphatic rings. The molecule has 0 saturated heterocycles. The monoisotopic (exact) mass is 363 g/mol. The number of amides is 1. The van der Waals surface area contributed by atoms with Crippen molar-refractivity contribution in [2.24, 2.45) is 0 Å². The minimum absolute atomic E-state index is 0.0506. The van der Waals surface area contributed by atoms with Crippen LogP contribution in [-0.4, -0.2) is 19.6 Å². The maximum absolute atomic E-state index is 13.0. The summed E-state index contributed by atoms with van der Waals surface area (Å²) in [6.45, 7) is 3.96. The summed E-state index contributed by atoms with van der Waals surface area (Å²) in [5.41, 5.74) is 1.18. The Kier molecular flexibility index (Phi) is 4.16. The molecule has 0 radical (unpaired) electrons. The molecule has 1 atom stereocenters. The van der Waals surface area contributed by atoms with Gasteiger partial charge >= 0.3 is 0 Å². The van der Waals surface area contributed by atoms with Crippen molar-refractivity contribution in [2.75, 3.05) is 13.7 Å². The van der Waals surface area contributed by atoms with Crippen LogP contribution in [0.3, 0.4) is 0 Å². The zero-order valence-electron chi connectivity index (χ0n) is 14.7. The van der Waals surface area contributed by atoms with Crippen molar-refractivity contribution >= 4 is 16.9 Å². The predicted octanol–water partition coefficient (Wildman–Crippen LogP) is 3.20. The van der Waals surface area contributed by atoms with Gasteiger partial charge in [0.15, 0.2) is 16.9 Å². The van der Waals surface area contributed by atoms with E-state index in [1.807, 2.05) is 0 Å². The highest BCUT2D eigenvalue weighted by atomic mass is 16.5. The van der Waals surface area contributed by atoms with Crippen LogP contribution >= 0.6 is 0 Å². The van der Waals surface area contributed by atoms with Crippen LogP contribution in [0.2, 0.25) is 0 Å². The normalized spacial score (nSPS) is 15.3. The van der Waals surface area contributed by atoms with E-state index in [4.69, 9.17) is 13.9 Å². The smallest absolute Gasteiger partial charge is 0.288 e. The number of fused-ring (bicyclic) bond motifs is 2. The first-order valence-corrected chi connectivity index (χ1v) is 8.42. The highest BCUT2D eigenvalue weighted by molar-refractivity contribution is 5.98. The number of nitrogens with one attached hydrogen (secondary N) is 1. The Bertz CT molecular complexity index is 1120. The lowest BCUT2D eigenvalue weighted by Gasteiger charge is -2.15. The maximum atomic E-state index is 13.0. The van der Waals surface area contributed by atoms with E-state index in [1.54, 1.807) is 48.5 Å². The van der Waals surface area contributed by atoms with Gasteiger partial charge in [-0.3, -0.25) is 9.59 Å². The van der Waals surface area contributed by atoms with Gasteiger partial charge in [0.1, 0.15) is 12.2 Å². The molecule has 136 valence electrons. The van der Waals surface area contributed by atoms with Gasteiger partial charge in [0.2, 0.25) is 5.76 Å². The average Bonchev–Trinajstić information content (AvgIpc) is 3.03. The molecule has 1 unspecified atom stereocenters. The second-order valence-corrected chi connectivity index (χ2v) is 6.09. The summed E-state index contributed by atoms with van der Waals surface area (Å²) in [5.74, 6) is 0.692. The van der Waals surface area contributed by atoms with E-state index in [0.717, 1.165) is 0 Å². The third-order valence-electron chi connectivity index (χ3n) is 4.48. The fourth-order valence-electron chi connectivity index (χ4n) is 3.24. The van der Waals surface area contributed by atoms with Crippen LogP contribution in [0, 0.1) is 0 Å². The van der Waals surface area contributed by atoms with E-state index < -0.39 is 11.9 Å². The largest absolute Gasteiger partial charge is 0.493 e. The Morgan fingerprint density at radius 2 is 2.00 bits per heavy atom.